The molecule has 144 valence electrons. The van der Waals surface area contributed by atoms with E-state index in [1.807, 2.05) is 55.6 Å². The van der Waals surface area contributed by atoms with Gasteiger partial charge in [0, 0.05) is 28.8 Å². The maximum atomic E-state index is 12.6. The van der Waals surface area contributed by atoms with Crippen LogP contribution in [0.4, 0.5) is 5.82 Å². The van der Waals surface area contributed by atoms with Crippen LogP contribution in [0.1, 0.15) is 48.1 Å². The van der Waals surface area contributed by atoms with Crippen LogP contribution in [-0.4, -0.2) is 20.4 Å². The summed E-state index contributed by atoms with van der Waals surface area (Å²) >= 11 is 0. The van der Waals surface area contributed by atoms with Crippen LogP contribution in [-0.2, 0) is 5.41 Å². The number of carbonyl (C=O) groups excluding carboxylic acids is 1. The van der Waals surface area contributed by atoms with E-state index >= 15 is 0 Å². The lowest BCUT2D eigenvalue weighted by Crippen LogP contribution is -2.12. The number of amides is 1. The second-order valence-electron chi connectivity index (χ2n) is 7.68. The van der Waals surface area contributed by atoms with Crippen LogP contribution >= 0.6 is 0 Å². The smallest absolute Gasteiger partial charge is 0.256 e. The van der Waals surface area contributed by atoms with Gasteiger partial charge >= 0.3 is 0 Å². The highest BCUT2D eigenvalue weighted by Gasteiger charge is 2.20. The first-order valence-electron chi connectivity index (χ1n) is 9.23. The molecule has 29 heavy (non-hydrogen) atoms. The zero-order chi connectivity index (χ0) is 20.4. The van der Waals surface area contributed by atoms with E-state index in [1.54, 1.807) is 30.5 Å². The van der Waals surface area contributed by atoms with Gasteiger partial charge in [0.25, 0.3) is 5.91 Å². The molecule has 6 nitrogen and oxygen atoms in total. The summed E-state index contributed by atoms with van der Waals surface area (Å²) in [6, 6.07) is 14.7. The van der Waals surface area contributed by atoms with Gasteiger partial charge in [-0.1, -0.05) is 44.0 Å². The summed E-state index contributed by atoms with van der Waals surface area (Å²) < 4.78 is 7.23. The van der Waals surface area contributed by atoms with Gasteiger partial charge in [0.1, 0.15) is 17.1 Å². The molecule has 4 aromatic rings. The minimum Gasteiger partial charge on any atom is -0.359 e. The number of carbonyl (C=O) groups is 1. The zero-order valence-electron chi connectivity index (χ0n) is 16.4. The van der Waals surface area contributed by atoms with Crippen molar-refractivity contribution in [3.8, 4) is 11.8 Å². The lowest BCUT2D eigenvalue weighted by atomic mass is 9.93. The number of hydrogen-bond acceptors (Lipinski definition) is 4. The van der Waals surface area contributed by atoms with E-state index in [9.17, 15) is 4.79 Å². The van der Waals surface area contributed by atoms with E-state index in [0.29, 0.717) is 17.1 Å². The largest absolute Gasteiger partial charge is 0.359 e. The van der Waals surface area contributed by atoms with E-state index in [4.69, 9.17) is 4.52 Å². The molecule has 0 radical (unpaired) electrons. The standard InChI is InChI=1S/C23H20N4O2/c1-23(2,3)19-14-20(26-29-19)25-22(28)17-8-6-7-16(13-17)10-11-18-15-24-21-9-4-5-12-27(18)21/h4-9,12-15H,1-3H3,(H,25,26,28). The van der Waals surface area contributed by atoms with Crippen LogP contribution in [0.2, 0.25) is 0 Å². The summed E-state index contributed by atoms with van der Waals surface area (Å²) in [5.41, 5.74) is 2.68. The molecule has 3 heterocycles. The Morgan fingerprint density at radius 3 is 2.76 bits per heavy atom. The Morgan fingerprint density at radius 2 is 1.97 bits per heavy atom. The second kappa shape index (κ2) is 7.28. The summed E-state index contributed by atoms with van der Waals surface area (Å²) in [5.74, 6) is 7.04. The molecule has 0 unspecified atom stereocenters. The lowest BCUT2D eigenvalue weighted by molar-refractivity contribution is 0.102. The van der Waals surface area contributed by atoms with Gasteiger partial charge in [-0.2, -0.15) is 0 Å². The van der Waals surface area contributed by atoms with Crippen molar-refractivity contribution in [2.75, 3.05) is 5.32 Å². The van der Waals surface area contributed by atoms with Crippen molar-refractivity contribution in [2.45, 2.75) is 26.2 Å². The Labute approximate surface area is 168 Å². The molecule has 6 heteroatoms. The molecular weight excluding hydrogens is 364 g/mol. The Bertz CT molecular complexity index is 1250. The Kier molecular flexibility index (Phi) is 4.65. The number of anilines is 1. The fourth-order valence-electron chi connectivity index (χ4n) is 2.78. The summed E-state index contributed by atoms with van der Waals surface area (Å²) in [4.78, 5) is 16.9. The van der Waals surface area contributed by atoms with Gasteiger partial charge in [0.2, 0.25) is 0 Å². The molecule has 0 aliphatic heterocycles. The van der Waals surface area contributed by atoms with Crippen molar-refractivity contribution < 1.29 is 9.32 Å². The van der Waals surface area contributed by atoms with Crippen LogP contribution in [0, 0.1) is 11.8 Å². The first-order chi connectivity index (χ1) is 13.9. The third kappa shape index (κ3) is 4.04. The predicted molar refractivity (Wildman–Crippen MR) is 111 cm³/mol. The average molecular weight is 384 g/mol. The normalized spacial score (nSPS) is 11.1. The molecule has 0 aliphatic rings. The molecular formula is C23H20N4O2. The molecule has 0 saturated carbocycles. The van der Waals surface area contributed by atoms with E-state index in [2.05, 4.69) is 27.3 Å². The van der Waals surface area contributed by atoms with E-state index < -0.39 is 0 Å². The first-order valence-corrected chi connectivity index (χ1v) is 9.23. The topological polar surface area (TPSA) is 72.4 Å². The zero-order valence-corrected chi connectivity index (χ0v) is 16.4. The van der Waals surface area contributed by atoms with E-state index in [1.165, 1.54) is 0 Å². The van der Waals surface area contributed by atoms with Crippen LogP contribution < -0.4 is 5.32 Å². The van der Waals surface area contributed by atoms with Gasteiger partial charge in [-0.25, -0.2) is 4.98 Å². The van der Waals surface area contributed by atoms with Crippen molar-refractivity contribution in [3.05, 3.63) is 83.5 Å². The molecule has 1 N–H and O–H groups in total. The average Bonchev–Trinajstić information content (AvgIpc) is 3.33. The monoisotopic (exact) mass is 384 g/mol. The predicted octanol–water partition coefficient (Wildman–Crippen LogP) is 4.27. The summed E-state index contributed by atoms with van der Waals surface area (Å²) in [6.07, 6.45) is 3.65. The van der Waals surface area contributed by atoms with Crippen LogP contribution in [0.15, 0.2) is 65.4 Å². The van der Waals surface area contributed by atoms with Crippen LogP contribution in [0.5, 0.6) is 0 Å². The number of aromatic nitrogens is 3. The number of benzene rings is 1. The van der Waals surface area contributed by atoms with Crippen LogP contribution in [0.3, 0.4) is 0 Å². The van der Waals surface area contributed by atoms with Crippen molar-refractivity contribution in [2.24, 2.45) is 0 Å². The molecule has 0 aliphatic carbocycles. The fraction of sp³-hybridized carbons (Fsp3) is 0.174. The van der Waals surface area contributed by atoms with Gasteiger partial charge in [0.15, 0.2) is 5.82 Å². The summed E-state index contributed by atoms with van der Waals surface area (Å²) in [7, 11) is 0. The molecule has 0 fully saturated rings. The third-order valence-corrected chi connectivity index (χ3v) is 4.37. The molecule has 1 aromatic carbocycles. The summed E-state index contributed by atoms with van der Waals surface area (Å²) in [5, 5.41) is 6.69. The van der Waals surface area contributed by atoms with Crippen molar-refractivity contribution in [3.63, 3.8) is 0 Å². The minimum absolute atomic E-state index is 0.177. The van der Waals surface area contributed by atoms with Crippen molar-refractivity contribution in [1.82, 2.24) is 14.5 Å². The molecule has 1 amide bonds. The summed E-state index contributed by atoms with van der Waals surface area (Å²) in [6.45, 7) is 6.06. The van der Waals surface area contributed by atoms with Gasteiger partial charge in [0.05, 0.1) is 6.20 Å². The number of pyridine rings is 1. The maximum Gasteiger partial charge on any atom is 0.256 e. The Hall–Kier alpha value is -3.85. The third-order valence-electron chi connectivity index (χ3n) is 4.37. The Morgan fingerprint density at radius 1 is 1.10 bits per heavy atom. The molecule has 0 saturated heterocycles. The highest BCUT2D eigenvalue weighted by Crippen LogP contribution is 2.24. The second-order valence-corrected chi connectivity index (χ2v) is 7.68. The minimum atomic E-state index is -0.266. The first kappa shape index (κ1) is 18.5. The van der Waals surface area contributed by atoms with Crippen LogP contribution in [0.25, 0.3) is 5.65 Å². The van der Waals surface area contributed by atoms with Crippen molar-refractivity contribution >= 4 is 17.4 Å². The SMILES string of the molecule is CC(C)(C)c1cc(NC(=O)c2cccc(C#Cc3cnc4ccccn34)c2)no1. The highest BCUT2D eigenvalue weighted by atomic mass is 16.5. The Balaban J connectivity index is 1.53. The highest BCUT2D eigenvalue weighted by molar-refractivity contribution is 6.03. The molecule has 4 rings (SSSR count). The molecule has 0 spiro atoms. The van der Waals surface area contributed by atoms with Gasteiger partial charge < -0.3 is 9.84 Å². The van der Waals surface area contributed by atoms with Gasteiger partial charge in [-0.05, 0) is 36.3 Å². The number of hydrogen-bond donors (Lipinski definition) is 1. The quantitative estimate of drug-likeness (QED) is 0.524. The molecule has 0 atom stereocenters. The number of nitrogens with zero attached hydrogens (tertiary/aromatic N) is 3. The number of rotatable bonds is 2. The lowest BCUT2D eigenvalue weighted by Gasteiger charge is -2.12. The van der Waals surface area contributed by atoms with Gasteiger partial charge in [-0.15, -0.1) is 0 Å². The van der Waals surface area contributed by atoms with Gasteiger partial charge in [-0.3, -0.25) is 9.20 Å². The molecule has 0 bridgehead atoms. The maximum absolute atomic E-state index is 12.6. The number of nitrogens with one attached hydrogen (secondary N) is 1. The number of fused-ring (bicyclic) bond motifs is 1. The van der Waals surface area contributed by atoms with E-state index in [0.717, 1.165) is 16.9 Å². The number of imidazole rings is 1. The van der Waals surface area contributed by atoms with E-state index in [-0.39, 0.29) is 11.3 Å². The fourth-order valence-corrected chi connectivity index (χ4v) is 2.78. The van der Waals surface area contributed by atoms with Crippen molar-refractivity contribution in [1.29, 1.82) is 0 Å². The molecule has 3 aromatic heterocycles.